The number of esters is 1. The summed E-state index contributed by atoms with van der Waals surface area (Å²) in [5.41, 5.74) is 3.11. The van der Waals surface area contributed by atoms with Crippen molar-refractivity contribution in [3.63, 3.8) is 0 Å². The van der Waals surface area contributed by atoms with E-state index in [1.165, 1.54) is 25.9 Å². The Morgan fingerprint density at radius 1 is 0.977 bits per heavy atom. The molecule has 1 aliphatic rings. The van der Waals surface area contributed by atoms with E-state index >= 15 is 0 Å². The Morgan fingerprint density at radius 3 is 2.26 bits per heavy atom. The Labute approximate surface area is 248 Å². The van der Waals surface area contributed by atoms with Crippen LogP contribution < -0.4 is 24.5 Å². The van der Waals surface area contributed by atoms with Crippen molar-refractivity contribution in [3.8, 4) is 34.4 Å². The van der Waals surface area contributed by atoms with Crippen molar-refractivity contribution in [2.45, 2.75) is 40.2 Å². The summed E-state index contributed by atoms with van der Waals surface area (Å²) in [4.78, 5) is 32.3. The zero-order chi connectivity index (χ0) is 30.8. The zero-order valence-corrected chi connectivity index (χ0v) is 25.1. The van der Waals surface area contributed by atoms with Gasteiger partial charge in [-0.3, -0.25) is 9.36 Å². The van der Waals surface area contributed by atoms with Crippen LogP contribution in [-0.2, 0) is 16.1 Å². The highest BCUT2D eigenvalue weighted by Crippen LogP contribution is 2.46. The molecule has 1 unspecified atom stereocenters. The minimum atomic E-state index is -0.916. The molecule has 0 bridgehead atoms. The van der Waals surface area contributed by atoms with Crippen LogP contribution in [0.25, 0.3) is 11.3 Å². The second-order valence-corrected chi connectivity index (χ2v) is 10.00. The molecule has 0 N–H and O–H groups in total. The molecule has 3 heterocycles. The summed E-state index contributed by atoms with van der Waals surface area (Å²) >= 11 is 0. The summed E-state index contributed by atoms with van der Waals surface area (Å²) in [6.45, 7) is 7.26. The fourth-order valence-corrected chi connectivity index (χ4v) is 5.19. The largest absolute Gasteiger partial charge is 0.493 e. The molecular formula is C32H33N3O8. The molecule has 0 saturated heterocycles. The van der Waals surface area contributed by atoms with Crippen molar-refractivity contribution in [2.24, 2.45) is 0 Å². The summed E-state index contributed by atoms with van der Waals surface area (Å²) in [5.74, 6) is 0.776. The van der Waals surface area contributed by atoms with Gasteiger partial charge in [0, 0.05) is 11.6 Å². The molecule has 2 aromatic heterocycles. The van der Waals surface area contributed by atoms with Crippen LogP contribution in [0.3, 0.4) is 0 Å². The number of carbonyl (C=O) groups excluding carboxylic acids is 1. The van der Waals surface area contributed by atoms with E-state index in [-0.39, 0.29) is 35.9 Å². The summed E-state index contributed by atoms with van der Waals surface area (Å²) in [6, 6.07) is 13.1. The molecule has 0 amide bonds. The van der Waals surface area contributed by atoms with Crippen LogP contribution in [0.15, 0.2) is 63.1 Å². The third-order valence-electron chi connectivity index (χ3n) is 7.30. The summed E-state index contributed by atoms with van der Waals surface area (Å²) in [5, 5.41) is 4.20. The van der Waals surface area contributed by atoms with Gasteiger partial charge in [0.1, 0.15) is 17.3 Å². The second-order valence-electron chi connectivity index (χ2n) is 10.00. The molecule has 2 aromatic carbocycles. The first kappa shape index (κ1) is 29.4. The van der Waals surface area contributed by atoms with E-state index in [1.54, 1.807) is 39.0 Å². The smallest absolute Gasteiger partial charge is 0.338 e. The topological polar surface area (TPSA) is 124 Å². The van der Waals surface area contributed by atoms with E-state index in [0.29, 0.717) is 40.1 Å². The number of hydrogen-bond donors (Lipinski definition) is 0. The quantitative estimate of drug-likeness (QED) is 0.248. The molecule has 11 nitrogen and oxygen atoms in total. The van der Waals surface area contributed by atoms with Crippen LogP contribution in [0.5, 0.6) is 23.1 Å². The minimum Gasteiger partial charge on any atom is -0.493 e. The summed E-state index contributed by atoms with van der Waals surface area (Å²) in [6.07, 6.45) is 0. The molecule has 11 heteroatoms. The average molecular weight is 588 g/mol. The Hall–Kier alpha value is -5.06. The summed E-state index contributed by atoms with van der Waals surface area (Å²) < 4.78 is 35.1. The second kappa shape index (κ2) is 12.0. The van der Waals surface area contributed by atoms with Crippen LogP contribution >= 0.6 is 0 Å². The molecular weight excluding hydrogens is 554 g/mol. The van der Waals surface area contributed by atoms with Gasteiger partial charge in [-0.15, -0.1) is 0 Å². The highest BCUT2D eigenvalue weighted by Gasteiger charge is 2.39. The third kappa shape index (κ3) is 5.45. The molecule has 0 radical (unpaired) electrons. The first-order valence-corrected chi connectivity index (χ1v) is 13.7. The molecule has 0 saturated carbocycles. The lowest BCUT2D eigenvalue weighted by Crippen LogP contribution is -2.34. The zero-order valence-electron chi connectivity index (χ0n) is 25.1. The lowest BCUT2D eigenvalue weighted by atomic mass is 9.83. The number of nitrogens with zero attached hydrogens (tertiary/aromatic N) is 3. The van der Waals surface area contributed by atoms with Gasteiger partial charge in [0.05, 0.1) is 51.5 Å². The van der Waals surface area contributed by atoms with Crippen molar-refractivity contribution in [2.75, 3.05) is 27.9 Å². The van der Waals surface area contributed by atoms with Crippen molar-refractivity contribution < 1.29 is 33.0 Å². The highest BCUT2D eigenvalue weighted by atomic mass is 16.5. The number of ether oxygens (including phenoxy) is 5. The van der Waals surface area contributed by atoms with Gasteiger partial charge in [-0.2, -0.15) is 4.98 Å². The molecule has 1 aliphatic heterocycles. The van der Waals surface area contributed by atoms with Crippen molar-refractivity contribution in [3.05, 3.63) is 92.4 Å². The average Bonchev–Trinajstić information content (AvgIpc) is 3.46. The van der Waals surface area contributed by atoms with Gasteiger partial charge in [0.2, 0.25) is 11.6 Å². The van der Waals surface area contributed by atoms with Crippen molar-refractivity contribution >= 4 is 5.97 Å². The van der Waals surface area contributed by atoms with Gasteiger partial charge in [-0.25, -0.2) is 4.79 Å². The van der Waals surface area contributed by atoms with E-state index in [9.17, 15) is 9.59 Å². The summed E-state index contributed by atoms with van der Waals surface area (Å²) in [7, 11) is 4.48. The van der Waals surface area contributed by atoms with Crippen molar-refractivity contribution in [1.82, 2.24) is 14.7 Å². The van der Waals surface area contributed by atoms with Crippen LogP contribution in [0.2, 0.25) is 0 Å². The number of rotatable bonds is 9. The van der Waals surface area contributed by atoms with Crippen LogP contribution in [-0.4, -0.2) is 48.6 Å². The van der Waals surface area contributed by atoms with Crippen LogP contribution in [0, 0.1) is 13.8 Å². The Bertz CT molecular complexity index is 1740. The van der Waals surface area contributed by atoms with Gasteiger partial charge < -0.3 is 28.2 Å². The van der Waals surface area contributed by atoms with E-state index < -0.39 is 17.4 Å². The maximum atomic E-state index is 14.3. The van der Waals surface area contributed by atoms with Gasteiger partial charge >= 0.3 is 5.97 Å². The Morgan fingerprint density at radius 2 is 1.65 bits per heavy atom. The van der Waals surface area contributed by atoms with Gasteiger partial charge in [0.15, 0.2) is 17.3 Å². The van der Waals surface area contributed by atoms with E-state index in [1.807, 2.05) is 31.2 Å². The molecule has 224 valence electrons. The van der Waals surface area contributed by atoms with E-state index in [4.69, 9.17) is 28.2 Å². The number of aryl methyl sites for hydroxylation is 2. The van der Waals surface area contributed by atoms with Crippen molar-refractivity contribution in [1.29, 1.82) is 0 Å². The number of allylic oxidation sites excluding steroid dienone is 1. The SMILES string of the molecule is CCOC(=O)C1=C(C)Oc2nc(C)n(Cc3cc(-c4ccc(C)cc4)no3)c(=O)c2C1c1cc(OC)c(OC)c(OC)c1. The number of benzene rings is 2. The first-order valence-electron chi connectivity index (χ1n) is 13.7. The highest BCUT2D eigenvalue weighted by molar-refractivity contribution is 5.92. The third-order valence-corrected chi connectivity index (χ3v) is 7.30. The fourth-order valence-electron chi connectivity index (χ4n) is 5.19. The number of fused-ring (bicyclic) bond motifs is 1. The molecule has 1 atom stereocenters. The van der Waals surface area contributed by atoms with Gasteiger partial charge in [-0.1, -0.05) is 35.0 Å². The Balaban J connectivity index is 1.67. The van der Waals surface area contributed by atoms with Gasteiger partial charge in [-0.05, 0) is 45.4 Å². The van der Waals surface area contributed by atoms with Crippen LogP contribution in [0.4, 0.5) is 0 Å². The maximum absolute atomic E-state index is 14.3. The number of aromatic nitrogens is 3. The molecule has 0 spiro atoms. The predicted molar refractivity (Wildman–Crippen MR) is 157 cm³/mol. The molecule has 5 rings (SSSR count). The lowest BCUT2D eigenvalue weighted by Gasteiger charge is -2.29. The number of hydrogen-bond acceptors (Lipinski definition) is 10. The Kier molecular flexibility index (Phi) is 8.24. The van der Waals surface area contributed by atoms with E-state index in [0.717, 1.165) is 11.1 Å². The standard InChI is InChI=1S/C32H33N3O8/c1-8-41-32(37)26-18(3)42-30-28(27(26)21-13-24(38-5)29(40-7)25(14-21)39-6)31(36)35(19(4)33-30)16-22-15-23(34-43-22)20-11-9-17(2)10-12-20/h9-15,27H,8,16H2,1-7H3. The molecule has 0 aliphatic carbocycles. The normalized spacial score (nSPS) is 14.2. The predicted octanol–water partition coefficient (Wildman–Crippen LogP) is 4.95. The molecule has 43 heavy (non-hydrogen) atoms. The monoisotopic (exact) mass is 587 g/mol. The minimum absolute atomic E-state index is 0.0587. The first-order chi connectivity index (χ1) is 20.7. The lowest BCUT2D eigenvalue weighted by molar-refractivity contribution is -0.139. The number of methoxy groups -OCH3 is 3. The number of carbonyl (C=O) groups is 1. The molecule has 4 aromatic rings. The van der Waals surface area contributed by atoms with Gasteiger partial charge in [0.25, 0.3) is 5.56 Å². The van der Waals surface area contributed by atoms with E-state index in [2.05, 4.69) is 10.1 Å². The molecule has 0 fully saturated rings. The van der Waals surface area contributed by atoms with Crippen LogP contribution in [0.1, 0.15) is 48.0 Å². The fraction of sp³-hybridized carbons (Fsp3) is 0.312. The maximum Gasteiger partial charge on any atom is 0.338 e.